The van der Waals surface area contributed by atoms with Crippen molar-refractivity contribution < 1.29 is 9.90 Å². The van der Waals surface area contributed by atoms with E-state index >= 15 is 0 Å². The molecular formula is C13H17NO2. The largest absolute Gasteiger partial charge is 0.508 e. The first kappa shape index (κ1) is 12.3. The van der Waals surface area contributed by atoms with Crippen molar-refractivity contribution in [2.24, 2.45) is 0 Å². The van der Waals surface area contributed by atoms with Crippen molar-refractivity contribution in [3.8, 4) is 5.75 Å². The Labute approximate surface area is 96.0 Å². The normalized spacial score (nSPS) is 9.88. The van der Waals surface area contributed by atoms with Crippen molar-refractivity contribution in [3.63, 3.8) is 0 Å². The Morgan fingerprint density at radius 2 is 2.25 bits per heavy atom. The zero-order valence-electron chi connectivity index (χ0n) is 9.73. The van der Waals surface area contributed by atoms with Gasteiger partial charge >= 0.3 is 0 Å². The Bertz CT molecular complexity index is 399. The lowest BCUT2D eigenvalue weighted by atomic mass is 10.1. The summed E-state index contributed by atoms with van der Waals surface area (Å²) in [6.07, 6.45) is 1.69. The number of benzene rings is 1. The van der Waals surface area contributed by atoms with Crippen molar-refractivity contribution in [2.75, 3.05) is 13.1 Å². The second-order valence-electron chi connectivity index (χ2n) is 3.58. The van der Waals surface area contributed by atoms with Gasteiger partial charge < -0.3 is 10.0 Å². The van der Waals surface area contributed by atoms with Gasteiger partial charge in [0.05, 0.1) is 0 Å². The summed E-state index contributed by atoms with van der Waals surface area (Å²) in [4.78, 5) is 13.8. The number of phenols is 1. The molecular weight excluding hydrogens is 202 g/mol. The second kappa shape index (κ2) is 5.35. The van der Waals surface area contributed by atoms with Crippen molar-refractivity contribution in [1.29, 1.82) is 0 Å². The number of phenolic OH excluding ortho intramolecular Hbond substituents is 1. The smallest absolute Gasteiger partial charge is 0.254 e. The summed E-state index contributed by atoms with van der Waals surface area (Å²) in [6, 6.07) is 4.98. The van der Waals surface area contributed by atoms with Gasteiger partial charge in [0.1, 0.15) is 5.75 Å². The molecule has 0 fully saturated rings. The maximum absolute atomic E-state index is 12.1. The number of carbonyl (C=O) groups is 1. The summed E-state index contributed by atoms with van der Waals surface area (Å²) < 4.78 is 0. The third kappa shape index (κ3) is 2.42. The van der Waals surface area contributed by atoms with E-state index < -0.39 is 0 Å². The molecule has 1 aromatic rings. The van der Waals surface area contributed by atoms with E-state index in [9.17, 15) is 9.90 Å². The van der Waals surface area contributed by atoms with Crippen molar-refractivity contribution >= 4 is 5.91 Å². The summed E-state index contributed by atoms with van der Waals surface area (Å²) in [7, 11) is 0. The maximum Gasteiger partial charge on any atom is 0.254 e. The highest BCUT2D eigenvalue weighted by molar-refractivity contribution is 5.96. The Hall–Kier alpha value is -1.77. The molecule has 0 unspecified atom stereocenters. The van der Waals surface area contributed by atoms with E-state index in [-0.39, 0.29) is 11.7 Å². The quantitative estimate of drug-likeness (QED) is 0.790. The predicted molar refractivity (Wildman–Crippen MR) is 64.6 cm³/mol. The molecule has 3 nitrogen and oxygen atoms in total. The third-order valence-electron chi connectivity index (χ3n) is 2.55. The number of amides is 1. The van der Waals surface area contributed by atoms with Gasteiger partial charge in [0.25, 0.3) is 5.91 Å². The van der Waals surface area contributed by atoms with Crippen LogP contribution in [0.25, 0.3) is 0 Å². The average molecular weight is 219 g/mol. The molecule has 0 aromatic heterocycles. The van der Waals surface area contributed by atoms with E-state index in [1.54, 1.807) is 36.1 Å². The highest BCUT2D eigenvalue weighted by Crippen LogP contribution is 2.20. The number of rotatable bonds is 4. The zero-order chi connectivity index (χ0) is 12.1. The summed E-state index contributed by atoms with van der Waals surface area (Å²) in [5.41, 5.74) is 1.17. The third-order valence-corrected chi connectivity index (χ3v) is 2.55. The number of hydrogen-bond acceptors (Lipinski definition) is 2. The molecule has 0 saturated heterocycles. The van der Waals surface area contributed by atoms with Gasteiger partial charge in [0.2, 0.25) is 0 Å². The lowest BCUT2D eigenvalue weighted by Gasteiger charge is -2.20. The van der Waals surface area contributed by atoms with Crippen LogP contribution in [0.2, 0.25) is 0 Å². The minimum Gasteiger partial charge on any atom is -0.508 e. The average Bonchev–Trinajstić information content (AvgIpc) is 2.29. The molecule has 3 heteroatoms. The number of aromatic hydroxyl groups is 1. The monoisotopic (exact) mass is 219 g/mol. The van der Waals surface area contributed by atoms with Crippen LogP contribution in [-0.4, -0.2) is 29.0 Å². The number of hydrogen-bond donors (Lipinski definition) is 1. The SMILES string of the molecule is C=CCN(CC)C(=O)c1cccc(O)c1C. The molecule has 0 aliphatic heterocycles. The van der Waals surface area contributed by atoms with Crippen LogP contribution in [0.3, 0.4) is 0 Å². The molecule has 16 heavy (non-hydrogen) atoms. The van der Waals surface area contributed by atoms with E-state index in [0.717, 1.165) is 0 Å². The summed E-state index contributed by atoms with van der Waals surface area (Å²) in [6.45, 7) is 8.42. The van der Waals surface area contributed by atoms with Crippen LogP contribution in [0.5, 0.6) is 5.75 Å². The van der Waals surface area contributed by atoms with E-state index in [0.29, 0.717) is 24.2 Å². The van der Waals surface area contributed by atoms with Crippen molar-refractivity contribution in [2.45, 2.75) is 13.8 Å². The Balaban J connectivity index is 3.03. The van der Waals surface area contributed by atoms with Gasteiger partial charge in [0.15, 0.2) is 0 Å². The molecule has 0 saturated carbocycles. The van der Waals surface area contributed by atoms with Crippen LogP contribution in [0.4, 0.5) is 0 Å². The van der Waals surface area contributed by atoms with E-state index in [1.165, 1.54) is 0 Å². The van der Waals surface area contributed by atoms with Crippen LogP contribution < -0.4 is 0 Å². The molecule has 0 heterocycles. The van der Waals surface area contributed by atoms with Gasteiger partial charge in [-0.15, -0.1) is 6.58 Å². The predicted octanol–water partition coefficient (Wildman–Crippen LogP) is 2.35. The fourth-order valence-electron chi connectivity index (χ4n) is 1.54. The first-order valence-corrected chi connectivity index (χ1v) is 5.30. The van der Waals surface area contributed by atoms with Crippen LogP contribution in [0, 0.1) is 6.92 Å². The number of carbonyl (C=O) groups excluding carboxylic acids is 1. The lowest BCUT2D eigenvalue weighted by molar-refractivity contribution is 0.0781. The van der Waals surface area contributed by atoms with Gasteiger partial charge in [-0.2, -0.15) is 0 Å². The Morgan fingerprint density at radius 1 is 1.56 bits per heavy atom. The first-order chi connectivity index (χ1) is 7.61. The van der Waals surface area contributed by atoms with Crippen LogP contribution in [-0.2, 0) is 0 Å². The van der Waals surface area contributed by atoms with Gasteiger partial charge in [-0.3, -0.25) is 4.79 Å². The first-order valence-electron chi connectivity index (χ1n) is 5.30. The van der Waals surface area contributed by atoms with Crippen molar-refractivity contribution in [3.05, 3.63) is 42.0 Å². The molecule has 0 atom stereocenters. The Kier molecular flexibility index (Phi) is 4.11. The van der Waals surface area contributed by atoms with Crippen LogP contribution in [0.15, 0.2) is 30.9 Å². The second-order valence-corrected chi connectivity index (χ2v) is 3.58. The molecule has 0 spiro atoms. The summed E-state index contributed by atoms with van der Waals surface area (Å²) in [5, 5.41) is 9.54. The highest BCUT2D eigenvalue weighted by Gasteiger charge is 2.16. The van der Waals surface area contributed by atoms with Gasteiger partial charge in [-0.1, -0.05) is 12.1 Å². The Morgan fingerprint density at radius 3 is 2.81 bits per heavy atom. The fourth-order valence-corrected chi connectivity index (χ4v) is 1.54. The molecule has 1 amide bonds. The van der Waals surface area contributed by atoms with E-state index in [2.05, 4.69) is 6.58 Å². The minimum atomic E-state index is -0.0733. The van der Waals surface area contributed by atoms with E-state index in [4.69, 9.17) is 0 Å². The topological polar surface area (TPSA) is 40.5 Å². The fraction of sp³-hybridized carbons (Fsp3) is 0.308. The maximum atomic E-state index is 12.1. The molecule has 86 valence electrons. The molecule has 1 rings (SSSR count). The number of likely N-dealkylation sites (N-methyl/N-ethyl adjacent to an activating group) is 1. The van der Waals surface area contributed by atoms with Gasteiger partial charge in [-0.05, 0) is 26.0 Å². The van der Waals surface area contributed by atoms with Crippen molar-refractivity contribution in [1.82, 2.24) is 4.90 Å². The molecule has 1 aromatic carbocycles. The minimum absolute atomic E-state index is 0.0733. The molecule has 0 radical (unpaired) electrons. The molecule has 0 bridgehead atoms. The molecule has 0 aliphatic carbocycles. The van der Waals surface area contributed by atoms with Gasteiger partial charge in [0, 0.05) is 24.2 Å². The zero-order valence-corrected chi connectivity index (χ0v) is 9.73. The van der Waals surface area contributed by atoms with E-state index in [1.807, 2.05) is 6.92 Å². The standard InChI is InChI=1S/C13H17NO2/c1-4-9-14(5-2)13(16)11-7-6-8-12(15)10(11)3/h4,6-8,15H,1,5,9H2,2-3H3. The number of nitrogens with zero attached hydrogens (tertiary/aromatic N) is 1. The molecule has 0 aliphatic rings. The highest BCUT2D eigenvalue weighted by atomic mass is 16.3. The summed E-state index contributed by atoms with van der Waals surface area (Å²) >= 11 is 0. The lowest BCUT2D eigenvalue weighted by Crippen LogP contribution is -2.31. The van der Waals surface area contributed by atoms with Crippen LogP contribution in [0.1, 0.15) is 22.8 Å². The summed E-state index contributed by atoms with van der Waals surface area (Å²) in [5.74, 6) is 0.0799. The van der Waals surface area contributed by atoms with Crippen LogP contribution >= 0.6 is 0 Å². The molecule has 1 N–H and O–H groups in total. The van der Waals surface area contributed by atoms with Gasteiger partial charge in [-0.25, -0.2) is 0 Å².